The summed E-state index contributed by atoms with van der Waals surface area (Å²) in [4.78, 5) is 0. The van der Waals surface area contributed by atoms with Crippen LogP contribution in [0.15, 0.2) is 0 Å². The molecule has 0 bridgehead atoms. The maximum Gasteiger partial charge on any atom is 0.163 e. The summed E-state index contributed by atoms with van der Waals surface area (Å²) in [6.45, 7) is 0.411. The van der Waals surface area contributed by atoms with Crippen LogP contribution in [-0.2, 0) is 14.2 Å². The molecule has 3 heteroatoms. The minimum Gasteiger partial charge on any atom is -0.370 e. The van der Waals surface area contributed by atoms with Crippen molar-refractivity contribution in [3.63, 3.8) is 0 Å². The fourth-order valence-electron chi connectivity index (χ4n) is 1.30. The van der Waals surface area contributed by atoms with E-state index in [9.17, 15) is 0 Å². The smallest absolute Gasteiger partial charge is 0.163 e. The molecule has 2 heterocycles. The molecule has 0 unspecified atom stereocenters. The summed E-state index contributed by atoms with van der Waals surface area (Å²) in [6, 6.07) is 0. The van der Waals surface area contributed by atoms with E-state index >= 15 is 0 Å². The van der Waals surface area contributed by atoms with Gasteiger partial charge in [0.25, 0.3) is 0 Å². The van der Waals surface area contributed by atoms with E-state index in [2.05, 4.69) is 0 Å². The van der Waals surface area contributed by atoms with Gasteiger partial charge in [0.2, 0.25) is 0 Å². The minimum absolute atomic E-state index is 0.707. The lowest BCUT2D eigenvalue weighted by Gasteiger charge is -2.26. The Morgan fingerprint density at radius 1 is 1.38 bits per heavy atom. The molecule has 3 atom stereocenters. The Bertz CT molecular complexity index is 378. The molecular formula is C10H18O3. The lowest BCUT2D eigenvalue weighted by molar-refractivity contribution is -0.0929. The maximum atomic E-state index is 7.87. The highest BCUT2D eigenvalue weighted by Gasteiger charge is 2.43. The first-order valence-corrected chi connectivity index (χ1v) is 4.31. The standard InChI is InChI=1S/C10H18O3/c1-10(2,3)13-8-6-12-9-7(8)4-5-11-9/h7-9H,4-6H2,1-3H3/t7-,8-,9+/m0/s1/i4D2,5D2,6D2. The molecule has 0 aromatic heterocycles. The lowest BCUT2D eigenvalue weighted by atomic mass is 10.0. The van der Waals surface area contributed by atoms with Gasteiger partial charge in [-0.1, -0.05) is 0 Å². The van der Waals surface area contributed by atoms with Crippen molar-refractivity contribution in [2.75, 3.05) is 13.1 Å². The maximum absolute atomic E-state index is 7.87. The van der Waals surface area contributed by atoms with Gasteiger partial charge in [-0.05, 0) is 27.1 Å². The topological polar surface area (TPSA) is 27.7 Å². The predicted molar refractivity (Wildman–Crippen MR) is 48.4 cm³/mol. The van der Waals surface area contributed by atoms with E-state index in [4.69, 9.17) is 22.4 Å². The molecule has 0 amide bonds. The molecule has 2 aliphatic rings. The molecule has 76 valence electrons. The van der Waals surface area contributed by atoms with Crippen molar-refractivity contribution in [3.05, 3.63) is 0 Å². The highest BCUT2D eigenvalue weighted by Crippen LogP contribution is 2.34. The van der Waals surface area contributed by atoms with E-state index < -0.39 is 43.4 Å². The summed E-state index contributed by atoms with van der Waals surface area (Å²) in [7, 11) is 0. The third-order valence-electron chi connectivity index (χ3n) is 1.80. The van der Waals surface area contributed by atoms with Crippen LogP contribution in [0.5, 0.6) is 0 Å². The van der Waals surface area contributed by atoms with Crippen molar-refractivity contribution < 1.29 is 22.4 Å². The Hall–Kier alpha value is -0.120. The summed E-state index contributed by atoms with van der Waals surface area (Å²) >= 11 is 0. The van der Waals surface area contributed by atoms with E-state index in [0.717, 1.165) is 0 Å². The van der Waals surface area contributed by atoms with Crippen LogP contribution in [0, 0.1) is 5.92 Å². The summed E-state index contributed by atoms with van der Waals surface area (Å²) in [5.74, 6) is -1.16. The van der Waals surface area contributed by atoms with Gasteiger partial charge in [0.05, 0.1) is 30.3 Å². The Kier molecular flexibility index (Phi) is 1.14. The second kappa shape index (κ2) is 3.23. The van der Waals surface area contributed by atoms with Gasteiger partial charge in [0.15, 0.2) is 6.29 Å². The zero-order valence-electron chi connectivity index (χ0n) is 14.0. The molecule has 0 radical (unpaired) electrons. The molecule has 0 aliphatic carbocycles. The molecule has 3 nitrogen and oxygen atoms in total. The largest absolute Gasteiger partial charge is 0.370 e. The van der Waals surface area contributed by atoms with Crippen molar-refractivity contribution in [3.8, 4) is 0 Å². The van der Waals surface area contributed by atoms with Crippen LogP contribution < -0.4 is 0 Å². The zero-order valence-corrected chi connectivity index (χ0v) is 7.96. The first-order chi connectivity index (χ1) is 8.28. The molecule has 2 aliphatic heterocycles. The van der Waals surface area contributed by atoms with E-state index in [1.165, 1.54) is 0 Å². The van der Waals surface area contributed by atoms with Crippen LogP contribution in [0.1, 0.15) is 35.4 Å². The second-order valence-corrected chi connectivity index (χ2v) is 4.14. The van der Waals surface area contributed by atoms with Crippen molar-refractivity contribution in [1.29, 1.82) is 0 Å². The quantitative estimate of drug-likeness (QED) is 0.631. The number of hydrogen-bond acceptors (Lipinski definition) is 3. The van der Waals surface area contributed by atoms with Gasteiger partial charge >= 0.3 is 0 Å². The number of fused-ring (bicyclic) bond motifs is 1. The van der Waals surface area contributed by atoms with Crippen molar-refractivity contribution in [2.45, 2.75) is 45.1 Å². The van der Waals surface area contributed by atoms with Gasteiger partial charge in [0, 0.05) is 8.66 Å². The molecule has 0 N–H and O–H groups in total. The van der Waals surface area contributed by atoms with E-state index in [-0.39, 0.29) is 0 Å². The third kappa shape index (κ3) is 2.03. The predicted octanol–water partition coefficient (Wildman–Crippen LogP) is 1.56. The summed E-state index contributed by atoms with van der Waals surface area (Å²) in [6.07, 6.45) is -4.91. The Labute approximate surface area is 87.8 Å². The van der Waals surface area contributed by atoms with Crippen LogP contribution in [0.4, 0.5) is 0 Å². The van der Waals surface area contributed by atoms with Crippen LogP contribution in [0.2, 0.25) is 0 Å². The van der Waals surface area contributed by atoms with Crippen molar-refractivity contribution in [1.82, 2.24) is 0 Å². The van der Waals surface area contributed by atoms with Gasteiger partial charge in [0.1, 0.15) is 0 Å². The summed E-state index contributed by atoms with van der Waals surface area (Å²) < 4.78 is 61.9. The minimum atomic E-state index is -2.53. The van der Waals surface area contributed by atoms with Gasteiger partial charge in [-0.2, -0.15) is 0 Å². The molecule has 0 spiro atoms. The SMILES string of the molecule is [2H]C1([2H])O[C@H]2OC([2H])([2H])C([2H])([2H])[C@H]2[C@H]1OC(C)(C)C. The molecule has 0 saturated carbocycles. The van der Waals surface area contributed by atoms with Gasteiger partial charge in [-0.3, -0.25) is 0 Å². The molecule has 0 aromatic carbocycles. The van der Waals surface area contributed by atoms with E-state index in [1.54, 1.807) is 20.8 Å². The summed E-state index contributed by atoms with van der Waals surface area (Å²) in [5.41, 5.74) is -0.707. The van der Waals surface area contributed by atoms with Crippen molar-refractivity contribution in [2.24, 2.45) is 5.92 Å². The first kappa shape index (κ1) is 4.60. The Morgan fingerprint density at radius 3 is 2.85 bits per heavy atom. The lowest BCUT2D eigenvalue weighted by Crippen LogP contribution is -2.32. The highest BCUT2D eigenvalue weighted by atomic mass is 16.7. The van der Waals surface area contributed by atoms with Crippen LogP contribution in [0.25, 0.3) is 0 Å². The Morgan fingerprint density at radius 2 is 2.15 bits per heavy atom. The molecule has 0 aromatic rings. The average Bonchev–Trinajstić information content (AvgIpc) is 2.41. The number of rotatable bonds is 1. The van der Waals surface area contributed by atoms with Crippen LogP contribution in [-0.4, -0.2) is 31.1 Å². The normalized spacial score (nSPS) is 57.9. The molecule has 2 saturated heterocycles. The van der Waals surface area contributed by atoms with Gasteiger partial charge in [-0.25, -0.2) is 0 Å². The fraction of sp³-hybridized carbons (Fsp3) is 1.00. The van der Waals surface area contributed by atoms with Gasteiger partial charge in [-0.15, -0.1) is 0 Å². The number of ether oxygens (including phenoxy) is 3. The Balaban J connectivity index is 2.36. The molecular weight excluding hydrogens is 168 g/mol. The van der Waals surface area contributed by atoms with Crippen LogP contribution >= 0.6 is 0 Å². The highest BCUT2D eigenvalue weighted by molar-refractivity contribution is 4.85. The average molecular weight is 192 g/mol. The zero-order chi connectivity index (χ0) is 14.9. The second-order valence-electron chi connectivity index (χ2n) is 4.14. The monoisotopic (exact) mass is 192 g/mol. The van der Waals surface area contributed by atoms with Crippen molar-refractivity contribution >= 4 is 0 Å². The van der Waals surface area contributed by atoms with E-state index in [1.807, 2.05) is 0 Å². The summed E-state index contributed by atoms with van der Waals surface area (Å²) in [5, 5.41) is 0. The van der Waals surface area contributed by atoms with Gasteiger partial charge < -0.3 is 14.2 Å². The van der Waals surface area contributed by atoms with E-state index in [0.29, 0.717) is 0 Å². The molecule has 13 heavy (non-hydrogen) atoms. The van der Waals surface area contributed by atoms with Crippen LogP contribution in [0.3, 0.4) is 0 Å². The molecule has 2 fully saturated rings. The molecule has 2 rings (SSSR count). The third-order valence-corrected chi connectivity index (χ3v) is 1.80. The number of hydrogen-bond donors (Lipinski definition) is 0. The first-order valence-electron chi connectivity index (χ1n) is 7.31. The fourth-order valence-corrected chi connectivity index (χ4v) is 1.30.